The molecule has 0 spiro atoms. The van der Waals surface area contributed by atoms with Crippen LogP contribution < -0.4 is 0 Å². The van der Waals surface area contributed by atoms with Crippen LogP contribution in [0.4, 0.5) is 0 Å². The Balaban J connectivity index is 2.15. The third kappa shape index (κ3) is 2.31. The molecule has 2 heterocycles. The Labute approximate surface area is 94.2 Å². The van der Waals surface area contributed by atoms with Crippen LogP contribution in [0.15, 0.2) is 6.20 Å². The van der Waals surface area contributed by atoms with Gasteiger partial charge >= 0.3 is 0 Å². The molecule has 1 aliphatic rings. The van der Waals surface area contributed by atoms with E-state index in [4.69, 9.17) is 12.2 Å². The second kappa shape index (κ2) is 3.75. The lowest BCUT2D eigenvalue weighted by Crippen LogP contribution is -2.13. The number of H-pyrrole nitrogens is 1. The topological polar surface area (TPSA) is 54.9 Å². The molecule has 1 aromatic rings. The maximum absolute atomic E-state index is 11.3. The minimum atomic E-state index is -2.78. The first-order valence-corrected chi connectivity index (χ1v) is 7.16. The van der Waals surface area contributed by atoms with Crippen molar-refractivity contribution in [3.8, 4) is 0 Å². The maximum Gasteiger partial charge on any atom is 0.177 e. The van der Waals surface area contributed by atoms with Gasteiger partial charge in [-0.1, -0.05) is 0 Å². The first kappa shape index (κ1) is 10.9. The minimum Gasteiger partial charge on any atom is -0.337 e. The Morgan fingerprint density at radius 3 is 2.87 bits per heavy atom. The summed E-state index contributed by atoms with van der Waals surface area (Å²) in [5, 5.41) is 0. The van der Waals surface area contributed by atoms with Gasteiger partial charge in [0, 0.05) is 18.4 Å². The third-order valence-corrected chi connectivity index (χ3v) is 5.02. The predicted octanol–water partition coefficient (Wildman–Crippen LogP) is 1.29. The summed E-state index contributed by atoms with van der Waals surface area (Å²) in [5.74, 6) is 0.851. The van der Waals surface area contributed by atoms with E-state index in [-0.39, 0.29) is 5.92 Å². The van der Waals surface area contributed by atoms with E-state index in [2.05, 4.69) is 4.98 Å². The Kier molecular flexibility index (Phi) is 2.72. The zero-order valence-electron chi connectivity index (χ0n) is 8.56. The third-order valence-electron chi connectivity index (χ3n) is 2.84. The lowest BCUT2D eigenvalue weighted by atomic mass is 10.1. The normalized spacial score (nSPS) is 24.5. The summed E-state index contributed by atoms with van der Waals surface area (Å²) >= 11 is 5.12. The number of nitrogens with one attached hydrogen (secondary N) is 1. The van der Waals surface area contributed by atoms with Crippen molar-refractivity contribution in [1.29, 1.82) is 0 Å². The number of rotatable bonds is 2. The molecule has 15 heavy (non-hydrogen) atoms. The molecule has 4 nitrogen and oxygen atoms in total. The lowest BCUT2D eigenvalue weighted by Gasteiger charge is -2.10. The van der Waals surface area contributed by atoms with Gasteiger partial charge in [-0.25, -0.2) is 8.42 Å². The van der Waals surface area contributed by atoms with Crippen LogP contribution in [-0.2, 0) is 16.4 Å². The smallest absolute Gasteiger partial charge is 0.177 e. The first-order chi connectivity index (χ1) is 6.98. The molecule has 0 aromatic carbocycles. The van der Waals surface area contributed by atoms with Gasteiger partial charge in [0.1, 0.15) is 0 Å². The standard InChI is InChI=1S/C9H14N2O2S2/c1-7-4-10-9(14)11(7)5-8-2-3-15(12,13)6-8/h4,8H,2-3,5-6H2,1H3,(H,10,14). The van der Waals surface area contributed by atoms with Crippen molar-refractivity contribution in [2.24, 2.45) is 5.92 Å². The fourth-order valence-electron chi connectivity index (χ4n) is 1.98. The van der Waals surface area contributed by atoms with Gasteiger partial charge in [-0.2, -0.15) is 0 Å². The summed E-state index contributed by atoms with van der Waals surface area (Å²) in [6.45, 7) is 2.68. The van der Waals surface area contributed by atoms with Crippen LogP contribution in [0.2, 0.25) is 0 Å². The molecule has 1 saturated heterocycles. The number of aromatic nitrogens is 2. The highest BCUT2D eigenvalue weighted by molar-refractivity contribution is 7.91. The monoisotopic (exact) mass is 246 g/mol. The molecule has 2 rings (SSSR count). The SMILES string of the molecule is Cc1c[nH]c(=S)n1CC1CCS(=O)(=O)C1. The lowest BCUT2D eigenvalue weighted by molar-refractivity contribution is 0.481. The number of aryl methyl sites for hydroxylation is 1. The van der Waals surface area contributed by atoms with Crippen molar-refractivity contribution >= 4 is 22.1 Å². The highest BCUT2D eigenvalue weighted by atomic mass is 32.2. The molecule has 1 aliphatic heterocycles. The zero-order chi connectivity index (χ0) is 11.1. The summed E-state index contributed by atoms with van der Waals surface area (Å²) in [5.41, 5.74) is 1.06. The molecular formula is C9H14N2O2S2. The molecule has 1 fully saturated rings. The van der Waals surface area contributed by atoms with E-state index in [0.29, 0.717) is 22.8 Å². The van der Waals surface area contributed by atoms with Gasteiger partial charge < -0.3 is 9.55 Å². The molecule has 0 amide bonds. The minimum absolute atomic E-state index is 0.219. The molecule has 0 radical (unpaired) electrons. The van der Waals surface area contributed by atoms with Crippen LogP contribution in [0, 0.1) is 17.6 Å². The summed E-state index contributed by atoms with van der Waals surface area (Å²) in [4.78, 5) is 2.96. The molecular weight excluding hydrogens is 232 g/mol. The van der Waals surface area contributed by atoms with Crippen molar-refractivity contribution < 1.29 is 8.42 Å². The highest BCUT2D eigenvalue weighted by Crippen LogP contribution is 2.20. The van der Waals surface area contributed by atoms with Crippen LogP contribution in [0.3, 0.4) is 0 Å². The van der Waals surface area contributed by atoms with E-state index in [1.165, 1.54) is 0 Å². The van der Waals surface area contributed by atoms with E-state index in [9.17, 15) is 8.42 Å². The van der Waals surface area contributed by atoms with E-state index >= 15 is 0 Å². The van der Waals surface area contributed by atoms with Crippen molar-refractivity contribution in [1.82, 2.24) is 9.55 Å². The number of imidazole rings is 1. The molecule has 1 atom stereocenters. The molecule has 1 unspecified atom stereocenters. The van der Waals surface area contributed by atoms with Gasteiger partial charge in [-0.15, -0.1) is 0 Å². The Bertz CT molecular complexity index is 512. The van der Waals surface area contributed by atoms with Crippen LogP contribution in [-0.4, -0.2) is 29.5 Å². The fraction of sp³-hybridized carbons (Fsp3) is 0.667. The maximum atomic E-state index is 11.3. The van der Waals surface area contributed by atoms with Crippen LogP contribution in [0.25, 0.3) is 0 Å². The van der Waals surface area contributed by atoms with Crippen LogP contribution in [0.1, 0.15) is 12.1 Å². The van der Waals surface area contributed by atoms with Crippen LogP contribution >= 0.6 is 12.2 Å². The Hall–Kier alpha value is -0.620. The van der Waals surface area contributed by atoms with Crippen molar-refractivity contribution in [3.63, 3.8) is 0 Å². The number of aromatic amines is 1. The van der Waals surface area contributed by atoms with Gasteiger partial charge in [0.15, 0.2) is 14.6 Å². The predicted molar refractivity (Wildman–Crippen MR) is 61.1 cm³/mol. The average Bonchev–Trinajstić information content (AvgIpc) is 2.63. The van der Waals surface area contributed by atoms with Gasteiger partial charge in [0.05, 0.1) is 11.5 Å². The quantitative estimate of drug-likeness (QED) is 0.800. The van der Waals surface area contributed by atoms with Crippen molar-refractivity contribution in [3.05, 3.63) is 16.7 Å². The molecule has 1 N–H and O–H groups in total. The molecule has 84 valence electrons. The second-order valence-electron chi connectivity index (χ2n) is 4.11. The van der Waals surface area contributed by atoms with Gasteiger partial charge in [0.25, 0.3) is 0 Å². The number of hydrogen-bond donors (Lipinski definition) is 1. The van der Waals surface area contributed by atoms with E-state index in [1.54, 1.807) is 0 Å². The summed E-state index contributed by atoms with van der Waals surface area (Å²) in [6, 6.07) is 0. The number of hydrogen-bond acceptors (Lipinski definition) is 3. The van der Waals surface area contributed by atoms with E-state index in [0.717, 1.165) is 12.1 Å². The molecule has 1 aromatic heterocycles. The Morgan fingerprint density at radius 2 is 2.40 bits per heavy atom. The molecule has 0 bridgehead atoms. The van der Waals surface area contributed by atoms with Crippen molar-refractivity contribution in [2.45, 2.75) is 19.9 Å². The van der Waals surface area contributed by atoms with Gasteiger partial charge in [-0.3, -0.25) is 0 Å². The number of nitrogens with zero attached hydrogens (tertiary/aromatic N) is 1. The molecule has 6 heteroatoms. The molecule has 0 aliphatic carbocycles. The van der Waals surface area contributed by atoms with Gasteiger partial charge in [-0.05, 0) is 31.5 Å². The largest absolute Gasteiger partial charge is 0.337 e. The Morgan fingerprint density at radius 1 is 1.67 bits per heavy atom. The van der Waals surface area contributed by atoms with Crippen molar-refractivity contribution in [2.75, 3.05) is 11.5 Å². The molecule has 0 saturated carbocycles. The van der Waals surface area contributed by atoms with Gasteiger partial charge in [0.2, 0.25) is 0 Å². The van der Waals surface area contributed by atoms with E-state index in [1.807, 2.05) is 17.7 Å². The zero-order valence-corrected chi connectivity index (χ0v) is 10.2. The van der Waals surface area contributed by atoms with Crippen LogP contribution in [0.5, 0.6) is 0 Å². The average molecular weight is 246 g/mol. The number of sulfone groups is 1. The summed E-state index contributed by atoms with van der Waals surface area (Å²) in [6.07, 6.45) is 2.61. The first-order valence-electron chi connectivity index (χ1n) is 4.93. The fourth-order valence-corrected chi connectivity index (χ4v) is 4.11. The summed E-state index contributed by atoms with van der Waals surface area (Å²) in [7, 11) is -2.78. The second-order valence-corrected chi connectivity index (χ2v) is 6.73. The highest BCUT2D eigenvalue weighted by Gasteiger charge is 2.28. The van der Waals surface area contributed by atoms with E-state index < -0.39 is 9.84 Å². The summed E-state index contributed by atoms with van der Waals surface area (Å²) < 4.78 is 25.2.